The normalized spacial score (nSPS) is 13.2. The summed E-state index contributed by atoms with van der Waals surface area (Å²) in [6, 6.07) is 4.71. The molecule has 3 heteroatoms. The Kier molecular flexibility index (Phi) is 5.35. The molecule has 0 aromatic heterocycles. The standard InChI is InChI=1S/C17H28N2O/c1-11-8-13(3)15(9-12(11)2)14(4)19-10-17(5,6)16(20)18-7/h8-9,14,19H,10H2,1-7H3,(H,18,20). The molecule has 0 bridgehead atoms. The maximum absolute atomic E-state index is 11.8. The van der Waals surface area contributed by atoms with Gasteiger partial charge in [0.05, 0.1) is 5.41 Å². The first-order chi connectivity index (χ1) is 9.19. The fourth-order valence-electron chi connectivity index (χ4n) is 2.39. The number of hydrogen-bond donors (Lipinski definition) is 2. The van der Waals surface area contributed by atoms with Crippen LogP contribution in [0.3, 0.4) is 0 Å². The third kappa shape index (κ3) is 3.83. The Hall–Kier alpha value is -1.35. The molecule has 0 aliphatic rings. The second kappa shape index (κ2) is 6.40. The van der Waals surface area contributed by atoms with Gasteiger partial charge in [0.1, 0.15) is 0 Å². The molecule has 0 spiro atoms. The number of rotatable bonds is 5. The Labute approximate surface area is 123 Å². The third-order valence-corrected chi connectivity index (χ3v) is 4.04. The average molecular weight is 276 g/mol. The highest BCUT2D eigenvalue weighted by Crippen LogP contribution is 2.23. The lowest BCUT2D eigenvalue weighted by atomic mass is 9.91. The number of amides is 1. The maximum atomic E-state index is 11.8. The zero-order valence-electron chi connectivity index (χ0n) is 13.8. The van der Waals surface area contributed by atoms with Gasteiger partial charge in [-0.2, -0.15) is 0 Å². The summed E-state index contributed by atoms with van der Waals surface area (Å²) in [7, 11) is 1.68. The van der Waals surface area contributed by atoms with E-state index >= 15 is 0 Å². The van der Waals surface area contributed by atoms with Crippen molar-refractivity contribution in [1.29, 1.82) is 0 Å². The highest BCUT2D eigenvalue weighted by molar-refractivity contribution is 5.81. The Morgan fingerprint density at radius 1 is 1.15 bits per heavy atom. The minimum absolute atomic E-state index is 0.0639. The van der Waals surface area contributed by atoms with E-state index in [9.17, 15) is 4.79 Å². The van der Waals surface area contributed by atoms with Crippen molar-refractivity contribution < 1.29 is 4.79 Å². The lowest BCUT2D eigenvalue weighted by Crippen LogP contribution is -2.42. The van der Waals surface area contributed by atoms with Crippen LogP contribution in [0, 0.1) is 26.2 Å². The van der Waals surface area contributed by atoms with Crippen LogP contribution in [-0.4, -0.2) is 19.5 Å². The summed E-state index contributed by atoms with van der Waals surface area (Å²) in [4.78, 5) is 11.8. The summed E-state index contributed by atoms with van der Waals surface area (Å²) in [6.45, 7) is 13.1. The number of hydrogen-bond acceptors (Lipinski definition) is 2. The van der Waals surface area contributed by atoms with Gasteiger partial charge in [-0.15, -0.1) is 0 Å². The SMILES string of the molecule is CNC(=O)C(C)(C)CNC(C)c1cc(C)c(C)cc1C. The first-order valence-corrected chi connectivity index (χ1v) is 7.22. The van der Waals surface area contributed by atoms with Crippen molar-refractivity contribution in [2.24, 2.45) is 5.41 Å². The Morgan fingerprint density at radius 3 is 2.25 bits per heavy atom. The predicted molar refractivity (Wildman–Crippen MR) is 84.9 cm³/mol. The molecule has 1 atom stereocenters. The Balaban J connectivity index is 2.80. The molecule has 112 valence electrons. The number of nitrogens with one attached hydrogen (secondary N) is 2. The molecule has 0 aliphatic carbocycles. The number of carbonyl (C=O) groups excluding carboxylic acids is 1. The van der Waals surface area contributed by atoms with E-state index in [0.717, 1.165) is 0 Å². The van der Waals surface area contributed by atoms with Crippen LogP contribution in [-0.2, 0) is 4.79 Å². The van der Waals surface area contributed by atoms with Crippen molar-refractivity contribution in [3.63, 3.8) is 0 Å². The summed E-state index contributed by atoms with van der Waals surface area (Å²) in [5.41, 5.74) is 4.83. The van der Waals surface area contributed by atoms with Crippen LogP contribution in [0.25, 0.3) is 0 Å². The van der Waals surface area contributed by atoms with Gasteiger partial charge in [-0.1, -0.05) is 12.1 Å². The Morgan fingerprint density at radius 2 is 1.70 bits per heavy atom. The van der Waals surface area contributed by atoms with Gasteiger partial charge >= 0.3 is 0 Å². The topological polar surface area (TPSA) is 41.1 Å². The number of benzene rings is 1. The van der Waals surface area contributed by atoms with E-state index in [1.54, 1.807) is 7.05 Å². The molecule has 1 unspecified atom stereocenters. The summed E-state index contributed by atoms with van der Waals surface area (Å²) in [5.74, 6) is 0.0639. The average Bonchev–Trinajstić information content (AvgIpc) is 2.39. The maximum Gasteiger partial charge on any atom is 0.226 e. The molecule has 20 heavy (non-hydrogen) atoms. The van der Waals surface area contributed by atoms with Gasteiger partial charge in [0, 0.05) is 19.6 Å². The minimum Gasteiger partial charge on any atom is -0.359 e. The molecule has 3 nitrogen and oxygen atoms in total. The van der Waals surface area contributed by atoms with Gasteiger partial charge in [0.25, 0.3) is 0 Å². The highest BCUT2D eigenvalue weighted by Gasteiger charge is 2.27. The van der Waals surface area contributed by atoms with Crippen molar-refractivity contribution in [2.75, 3.05) is 13.6 Å². The van der Waals surface area contributed by atoms with Crippen molar-refractivity contribution in [3.05, 3.63) is 34.4 Å². The van der Waals surface area contributed by atoms with Gasteiger partial charge in [0.2, 0.25) is 5.91 Å². The molecule has 0 saturated heterocycles. The molecule has 2 N–H and O–H groups in total. The van der Waals surface area contributed by atoms with Gasteiger partial charge in [-0.25, -0.2) is 0 Å². The van der Waals surface area contributed by atoms with E-state index in [2.05, 4.69) is 50.5 Å². The first-order valence-electron chi connectivity index (χ1n) is 7.22. The monoisotopic (exact) mass is 276 g/mol. The summed E-state index contributed by atoms with van der Waals surface area (Å²) in [5, 5.41) is 6.20. The van der Waals surface area contributed by atoms with E-state index in [1.165, 1.54) is 22.3 Å². The zero-order chi connectivity index (χ0) is 15.5. The second-order valence-corrected chi connectivity index (χ2v) is 6.36. The molecule has 0 saturated carbocycles. The molecule has 1 aromatic rings. The number of carbonyl (C=O) groups is 1. The third-order valence-electron chi connectivity index (χ3n) is 4.04. The van der Waals surface area contributed by atoms with E-state index < -0.39 is 5.41 Å². The van der Waals surface area contributed by atoms with Gasteiger partial charge in [-0.05, 0) is 63.8 Å². The molecule has 0 aliphatic heterocycles. The minimum atomic E-state index is -0.406. The van der Waals surface area contributed by atoms with Crippen LogP contribution in [0.1, 0.15) is 49.1 Å². The zero-order valence-corrected chi connectivity index (χ0v) is 13.8. The fourth-order valence-corrected chi connectivity index (χ4v) is 2.39. The van der Waals surface area contributed by atoms with Crippen LogP contribution in [0.4, 0.5) is 0 Å². The molecule has 1 aromatic carbocycles. The van der Waals surface area contributed by atoms with E-state index in [4.69, 9.17) is 0 Å². The second-order valence-electron chi connectivity index (χ2n) is 6.36. The number of aryl methyl sites for hydroxylation is 3. The quantitative estimate of drug-likeness (QED) is 0.868. The van der Waals surface area contributed by atoms with Gasteiger partial charge < -0.3 is 10.6 Å². The Bertz CT molecular complexity index is 492. The van der Waals surface area contributed by atoms with Crippen molar-refractivity contribution in [3.8, 4) is 0 Å². The van der Waals surface area contributed by atoms with Crippen molar-refractivity contribution >= 4 is 5.91 Å². The van der Waals surface area contributed by atoms with Crippen LogP contribution >= 0.6 is 0 Å². The van der Waals surface area contributed by atoms with Crippen molar-refractivity contribution in [2.45, 2.75) is 47.6 Å². The van der Waals surface area contributed by atoms with Crippen LogP contribution in [0.15, 0.2) is 12.1 Å². The molecule has 0 fully saturated rings. The van der Waals surface area contributed by atoms with Gasteiger partial charge in [-0.3, -0.25) is 4.79 Å². The molecule has 0 heterocycles. The fraction of sp³-hybridized carbons (Fsp3) is 0.588. The summed E-state index contributed by atoms with van der Waals surface area (Å²) in [6.07, 6.45) is 0. The molecule has 1 amide bonds. The van der Waals surface area contributed by atoms with Gasteiger partial charge in [0.15, 0.2) is 0 Å². The largest absolute Gasteiger partial charge is 0.359 e. The molecular weight excluding hydrogens is 248 g/mol. The van der Waals surface area contributed by atoms with Crippen molar-refractivity contribution in [1.82, 2.24) is 10.6 Å². The molecule has 1 rings (SSSR count). The van der Waals surface area contributed by atoms with E-state index in [1.807, 2.05) is 13.8 Å². The van der Waals surface area contributed by atoms with E-state index in [-0.39, 0.29) is 11.9 Å². The lowest BCUT2D eigenvalue weighted by Gasteiger charge is -2.26. The molecule has 0 radical (unpaired) electrons. The summed E-state index contributed by atoms with van der Waals surface area (Å²) >= 11 is 0. The highest BCUT2D eigenvalue weighted by atomic mass is 16.2. The first kappa shape index (κ1) is 16.7. The molecular formula is C17H28N2O. The predicted octanol–water partition coefficient (Wildman–Crippen LogP) is 3.03. The van der Waals surface area contributed by atoms with Crippen LogP contribution in [0.5, 0.6) is 0 Å². The lowest BCUT2D eigenvalue weighted by molar-refractivity contribution is -0.128. The summed E-state index contributed by atoms with van der Waals surface area (Å²) < 4.78 is 0. The van der Waals surface area contributed by atoms with Crippen LogP contribution < -0.4 is 10.6 Å². The smallest absolute Gasteiger partial charge is 0.226 e. The van der Waals surface area contributed by atoms with Crippen LogP contribution in [0.2, 0.25) is 0 Å². The van der Waals surface area contributed by atoms with E-state index in [0.29, 0.717) is 6.54 Å².